The number of halogens is 1. The van der Waals surface area contributed by atoms with Crippen molar-refractivity contribution in [2.24, 2.45) is 0 Å². The van der Waals surface area contributed by atoms with Gasteiger partial charge in [0.25, 0.3) is 0 Å². The summed E-state index contributed by atoms with van der Waals surface area (Å²) in [5, 5.41) is 10.4. The van der Waals surface area contributed by atoms with Crippen LogP contribution in [0, 0.1) is 19.7 Å². The fourth-order valence-electron chi connectivity index (χ4n) is 5.60. The van der Waals surface area contributed by atoms with Gasteiger partial charge in [-0.15, -0.1) is 0 Å². The van der Waals surface area contributed by atoms with E-state index >= 15 is 0 Å². The number of aromatic amines is 1. The Kier molecular flexibility index (Phi) is 6.75. The van der Waals surface area contributed by atoms with Crippen LogP contribution >= 0.6 is 0 Å². The zero-order valence-electron chi connectivity index (χ0n) is 18.8. The molecular weight excluding hydrogens is 391 g/mol. The Morgan fingerprint density at radius 2 is 1.94 bits per heavy atom. The lowest BCUT2D eigenvalue weighted by Gasteiger charge is -2.39. The average molecular weight is 427 g/mol. The lowest BCUT2D eigenvalue weighted by atomic mass is 9.77. The van der Waals surface area contributed by atoms with Crippen LogP contribution in [-0.2, 0) is 16.6 Å². The van der Waals surface area contributed by atoms with Crippen LogP contribution in [0.3, 0.4) is 0 Å². The van der Waals surface area contributed by atoms with Gasteiger partial charge in [-0.2, -0.15) is 5.10 Å². The monoisotopic (exact) mass is 426 g/mol. The summed E-state index contributed by atoms with van der Waals surface area (Å²) in [6.07, 6.45) is 7.63. The first kappa shape index (κ1) is 22.0. The number of nitrogens with zero attached hydrogens (tertiary/aromatic N) is 2. The molecule has 4 rings (SSSR count). The second kappa shape index (κ2) is 9.51. The lowest BCUT2D eigenvalue weighted by Crippen LogP contribution is -2.48. The van der Waals surface area contributed by atoms with Gasteiger partial charge >= 0.3 is 0 Å². The predicted molar refractivity (Wildman–Crippen MR) is 121 cm³/mol. The highest BCUT2D eigenvalue weighted by Gasteiger charge is 2.39. The number of nitrogens with one attached hydrogen (secondary N) is 2. The van der Waals surface area contributed by atoms with E-state index in [0.717, 1.165) is 74.3 Å². The zero-order valence-corrected chi connectivity index (χ0v) is 18.8. The first-order valence-corrected chi connectivity index (χ1v) is 11.7. The minimum absolute atomic E-state index is 0.0538. The maximum atomic E-state index is 14.6. The molecule has 0 bridgehead atoms. The van der Waals surface area contributed by atoms with E-state index in [4.69, 9.17) is 0 Å². The van der Waals surface area contributed by atoms with Gasteiger partial charge in [0.15, 0.2) is 0 Å². The van der Waals surface area contributed by atoms with Gasteiger partial charge in [0.1, 0.15) is 5.82 Å². The fourth-order valence-corrected chi connectivity index (χ4v) is 5.60. The van der Waals surface area contributed by atoms with Crippen molar-refractivity contribution in [2.75, 3.05) is 19.6 Å². The number of benzene rings is 1. The highest BCUT2D eigenvalue weighted by Crippen LogP contribution is 2.43. The summed E-state index contributed by atoms with van der Waals surface area (Å²) in [5.74, 6) is 0.0618. The van der Waals surface area contributed by atoms with Crippen molar-refractivity contribution in [3.63, 3.8) is 0 Å². The van der Waals surface area contributed by atoms with Crippen LogP contribution in [0.4, 0.5) is 4.39 Å². The number of carbonyl (C=O) groups is 1. The van der Waals surface area contributed by atoms with E-state index in [-0.39, 0.29) is 23.2 Å². The lowest BCUT2D eigenvalue weighted by molar-refractivity contribution is -0.122. The molecule has 1 amide bonds. The molecule has 31 heavy (non-hydrogen) atoms. The molecular formula is C25H35FN4O. The van der Waals surface area contributed by atoms with Crippen LogP contribution in [0.5, 0.6) is 0 Å². The fraction of sp³-hybridized carbons (Fsp3) is 0.600. The zero-order chi connectivity index (χ0) is 21.8. The molecule has 0 atom stereocenters. The van der Waals surface area contributed by atoms with Gasteiger partial charge in [0.05, 0.1) is 5.69 Å². The normalized spacial score (nSPS) is 19.6. The van der Waals surface area contributed by atoms with Crippen LogP contribution in [0.15, 0.2) is 24.3 Å². The molecule has 1 aliphatic carbocycles. The third-order valence-electron chi connectivity index (χ3n) is 7.37. The van der Waals surface area contributed by atoms with Crippen LogP contribution in [-0.4, -0.2) is 46.7 Å². The van der Waals surface area contributed by atoms with Crippen molar-refractivity contribution in [3.8, 4) is 0 Å². The van der Waals surface area contributed by atoms with E-state index in [1.165, 1.54) is 12.8 Å². The molecule has 1 saturated heterocycles. The summed E-state index contributed by atoms with van der Waals surface area (Å²) in [7, 11) is 0. The van der Waals surface area contributed by atoms with Crippen molar-refractivity contribution >= 4 is 5.91 Å². The van der Waals surface area contributed by atoms with E-state index in [0.29, 0.717) is 6.42 Å². The molecule has 0 unspecified atom stereocenters. The van der Waals surface area contributed by atoms with Crippen molar-refractivity contribution < 1.29 is 9.18 Å². The molecule has 5 nitrogen and oxygen atoms in total. The molecule has 2 heterocycles. The van der Waals surface area contributed by atoms with E-state index in [2.05, 4.69) is 20.4 Å². The Morgan fingerprint density at radius 1 is 1.23 bits per heavy atom. The number of aryl methyl sites for hydroxylation is 2. The van der Waals surface area contributed by atoms with Crippen LogP contribution in [0.2, 0.25) is 0 Å². The van der Waals surface area contributed by atoms with Gasteiger partial charge in [0, 0.05) is 43.2 Å². The molecule has 2 aliphatic rings. The second-order valence-corrected chi connectivity index (χ2v) is 9.50. The molecule has 0 radical (unpaired) electrons. The number of hydrogen-bond acceptors (Lipinski definition) is 3. The third kappa shape index (κ3) is 5.00. The highest BCUT2D eigenvalue weighted by atomic mass is 19.1. The van der Waals surface area contributed by atoms with Gasteiger partial charge in [0.2, 0.25) is 5.91 Å². The van der Waals surface area contributed by atoms with Crippen LogP contribution in [0.1, 0.15) is 67.5 Å². The minimum Gasteiger partial charge on any atom is -0.353 e. The number of aromatic nitrogens is 2. The Balaban J connectivity index is 1.27. The molecule has 1 aromatic heterocycles. The molecule has 6 heteroatoms. The molecule has 2 fully saturated rings. The Hall–Kier alpha value is -2.21. The summed E-state index contributed by atoms with van der Waals surface area (Å²) >= 11 is 0. The van der Waals surface area contributed by atoms with Gasteiger partial charge < -0.3 is 10.2 Å². The topological polar surface area (TPSA) is 61.0 Å². The van der Waals surface area contributed by atoms with Gasteiger partial charge in [-0.05, 0) is 63.1 Å². The number of hydrogen-bond donors (Lipinski definition) is 2. The number of amides is 1. The average Bonchev–Trinajstić information content (AvgIpc) is 3.35. The highest BCUT2D eigenvalue weighted by molar-refractivity contribution is 5.76. The molecule has 0 spiro atoms. The number of rotatable bonds is 7. The predicted octanol–water partition coefficient (Wildman–Crippen LogP) is 4.19. The number of piperidine rings is 1. The Morgan fingerprint density at radius 3 is 2.58 bits per heavy atom. The Bertz CT molecular complexity index is 875. The summed E-state index contributed by atoms with van der Waals surface area (Å²) < 4.78 is 14.6. The third-order valence-corrected chi connectivity index (χ3v) is 7.37. The summed E-state index contributed by atoms with van der Waals surface area (Å²) in [6.45, 7) is 6.82. The SMILES string of the molecule is Cc1n[nH]c(C)c1CCC(=O)NC1CCN(CC2(c3ccccc3F)CCCC2)CC1. The second-order valence-electron chi connectivity index (χ2n) is 9.50. The molecule has 2 aromatic rings. The van der Waals surface area contributed by atoms with Crippen LogP contribution in [0.25, 0.3) is 0 Å². The Labute approximate surface area is 184 Å². The molecule has 168 valence electrons. The number of likely N-dealkylation sites (tertiary alicyclic amines) is 1. The molecule has 1 saturated carbocycles. The van der Waals surface area contributed by atoms with E-state index in [9.17, 15) is 9.18 Å². The van der Waals surface area contributed by atoms with Crippen molar-refractivity contribution in [1.82, 2.24) is 20.4 Å². The van der Waals surface area contributed by atoms with Crippen molar-refractivity contribution in [3.05, 3.63) is 52.6 Å². The largest absolute Gasteiger partial charge is 0.353 e. The van der Waals surface area contributed by atoms with E-state index in [1.807, 2.05) is 26.0 Å². The molecule has 2 N–H and O–H groups in total. The van der Waals surface area contributed by atoms with Crippen molar-refractivity contribution in [2.45, 2.75) is 76.7 Å². The van der Waals surface area contributed by atoms with Gasteiger partial charge in [-0.25, -0.2) is 4.39 Å². The van der Waals surface area contributed by atoms with Gasteiger partial charge in [-0.1, -0.05) is 31.0 Å². The minimum atomic E-state index is -0.0605. The van der Waals surface area contributed by atoms with E-state index in [1.54, 1.807) is 12.1 Å². The quantitative estimate of drug-likeness (QED) is 0.698. The maximum absolute atomic E-state index is 14.6. The molecule has 1 aromatic carbocycles. The smallest absolute Gasteiger partial charge is 0.220 e. The number of H-pyrrole nitrogens is 1. The first-order valence-electron chi connectivity index (χ1n) is 11.7. The summed E-state index contributed by atoms with van der Waals surface area (Å²) in [4.78, 5) is 15.0. The van der Waals surface area contributed by atoms with Crippen molar-refractivity contribution in [1.29, 1.82) is 0 Å². The molecule has 1 aliphatic heterocycles. The van der Waals surface area contributed by atoms with Gasteiger partial charge in [-0.3, -0.25) is 9.89 Å². The maximum Gasteiger partial charge on any atom is 0.220 e. The van der Waals surface area contributed by atoms with E-state index < -0.39 is 0 Å². The first-order chi connectivity index (χ1) is 15.0. The number of carbonyl (C=O) groups excluding carboxylic acids is 1. The standard InChI is InChI=1S/C25H35FN4O/c1-18-21(19(2)29-28-18)9-10-24(31)27-20-11-15-30(16-12-20)17-25(13-5-6-14-25)22-7-3-4-8-23(22)26/h3-4,7-8,20H,5-6,9-17H2,1-2H3,(H,27,31)(H,28,29). The van der Waals surface area contributed by atoms with Crippen LogP contribution < -0.4 is 5.32 Å². The summed E-state index contributed by atoms with van der Waals surface area (Å²) in [5.41, 5.74) is 4.03. The summed E-state index contributed by atoms with van der Waals surface area (Å²) in [6, 6.07) is 7.57.